The van der Waals surface area contributed by atoms with Gasteiger partial charge in [-0.15, -0.1) is 0 Å². The van der Waals surface area contributed by atoms with Gasteiger partial charge in [0, 0.05) is 39.5 Å². The van der Waals surface area contributed by atoms with Gasteiger partial charge in [0.15, 0.2) is 0 Å². The van der Waals surface area contributed by atoms with Crippen molar-refractivity contribution in [3.63, 3.8) is 0 Å². The van der Waals surface area contributed by atoms with Gasteiger partial charge in [0.25, 0.3) is 0 Å². The average molecular weight is 757 g/mol. The Balaban J connectivity index is 1.06. The first kappa shape index (κ1) is 36.0. The summed E-state index contributed by atoms with van der Waals surface area (Å²) >= 11 is 0. The first-order valence-corrected chi connectivity index (χ1v) is 20.4. The summed E-state index contributed by atoms with van der Waals surface area (Å²) in [7, 11) is 0. The summed E-state index contributed by atoms with van der Waals surface area (Å²) in [6.07, 6.45) is 0. The second-order valence-electron chi connectivity index (χ2n) is 15.8. The summed E-state index contributed by atoms with van der Waals surface area (Å²) in [6.45, 7) is 4.68. The average Bonchev–Trinajstić information content (AvgIpc) is 3.54. The summed E-state index contributed by atoms with van der Waals surface area (Å²) in [6, 6.07) is 83.4. The molecule has 0 unspecified atom stereocenters. The molecule has 282 valence electrons. The van der Waals surface area contributed by atoms with E-state index in [9.17, 15) is 0 Å². The highest BCUT2D eigenvalue weighted by Crippen LogP contribution is 2.51. The third-order valence-corrected chi connectivity index (χ3v) is 11.9. The second-order valence-corrected chi connectivity index (χ2v) is 15.8. The van der Waals surface area contributed by atoms with E-state index in [4.69, 9.17) is 0 Å². The molecule has 0 radical (unpaired) electrons. The Hall–Kier alpha value is -7.42. The summed E-state index contributed by atoms with van der Waals surface area (Å²) in [5, 5.41) is 0. The molecule has 2 heteroatoms. The smallest absolute Gasteiger partial charge is 0.0468 e. The normalized spacial score (nSPS) is 12.4. The Bertz CT molecular complexity index is 2760. The fraction of sp³-hybridized carbons (Fsp3) is 0.0526. The highest BCUT2D eigenvalue weighted by molar-refractivity contribution is 5.88. The van der Waals surface area contributed by atoms with Crippen LogP contribution in [-0.2, 0) is 5.41 Å². The van der Waals surface area contributed by atoms with Crippen molar-refractivity contribution < 1.29 is 0 Å². The van der Waals surface area contributed by atoms with E-state index in [-0.39, 0.29) is 5.41 Å². The van der Waals surface area contributed by atoms with Crippen molar-refractivity contribution in [1.29, 1.82) is 0 Å². The number of rotatable bonds is 9. The van der Waals surface area contributed by atoms with E-state index in [2.05, 4.69) is 254 Å². The molecule has 0 aromatic heterocycles. The van der Waals surface area contributed by atoms with E-state index < -0.39 is 0 Å². The van der Waals surface area contributed by atoms with Crippen LogP contribution in [-0.4, -0.2) is 0 Å². The van der Waals surface area contributed by atoms with Gasteiger partial charge in [-0.1, -0.05) is 172 Å². The molecular formula is C57H44N2. The first-order chi connectivity index (χ1) is 29.0. The number of fused-ring (bicyclic) bond motifs is 3. The van der Waals surface area contributed by atoms with Gasteiger partial charge in [-0.05, 0) is 128 Å². The van der Waals surface area contributed by atoms with Crippen LogP contribution < -0.4 is 9.80 Å². The molecule has 1 aliphatic carbocycles. The van der Waals surface area contributed by atoms with Gasteiger partial charge < -0.3 is 9.80 Å². The number of anilines is 6. The van der Waals surface area contributed by atoms with Crippen LogP contribution in [0.3, 0.4) is 0 Å². The van der Waals surface area contributed by atoms with Crippen LogP contribution >= 0.6 is 0 Å². The lowest BCUT2D eigenvalue weighted by molar-refractivity contribution is 0.660. The van der Waals surface area contributed by atoms with Crippen LogP contribution in [0, 0.1) is 0 Å². The lowest BCUT2D eigenvalue weighted by Crippen LogP contribution is -2.15. The van der Waals surface area contributed by atoms with Crippen molar-refractivity contribution >= 4 is 34.1 Å². The second kappa shape index (κ2) is 15.2. The molecule has 0 bridgehead atoms. The summed E-state index contributed by atoms with van der Waals surface area (Å²) < 4.78 is 0. The minimum atomic E-state index is -0.0592. The predicted molar refractivity (Wildman–Crippen MR) is 250 cm³/mol. The van der Waals surface area contributed by atoms with E-state index >= 15 is 0 Å². The van der Waals surface area contributed by atoms with Crippen LogP contribution in [0.25, 0.3) is 44.5 Å². The molecule has 0 amide bonds. The largest absolute Gasteiger partial charge is 0.311 e. The lowest BCUT2D eigenvalue weighted by Gasteiger charge is -2.29. The molecule has 0 fully saturated rings. The molecule has 2 nitrogen and oxygen atoms in total. The molecule has 9 aromatic rings. The predicted octanol–water partition coefficient (Wildman–Crippen LogP) is 15.9. The minimum absolute atomic E-state index is 0.0592. The van der Waals surface area contributed by atoms with Gasteiger partial charge in [-0.3, -0.25) is 0 Å². The maximum atomic E-state index is 2.39. The topological polar surface area (TPSA) is 6.48 Å². The van der Waals surface area contributed by atoms with E-state index in [0.29, 0.717) is 0 Å². The zero-order chi connectivity index (χ0) is 39.8. The minimum Gasteiger partial charge on any atom is -0.311 e. The van der Waals surface area contributed by atoms with Crippen LogP contribution in [0.15, 0.2) is 231 Å². The molecule has 0 saturated carbocycles. The molecule has 0 atom stereocenters. The van der Waals surface area contributed by atoms with Crippen molar-refractivity contribution in [1.82, 2.24) is 0 Å². The zero-order valence-corrected chi connectivity index (χ0v) is 33.3. The van der Waals surface area contributed by atoms with Gasteiger partial charge in [-0.25, -0.2) is 0 Å². The zero-order valence-electron chi connectivity index (χ0n) is 33.3. The number of benzene rings is 9. The molecule has 1 aliphatic rings. The number of hydrogen-bond acceptors (Lipinski definition) is 2. The van der Waals surface area contributed by atoms with Gasteiger partial charge >= 0.3 is 0 Å². The highest BCUT2D eigenvalue weighted by Gasteiger charge is 2.35. The Kier molecular flexibility index (Phi) is 9.24. The van der Waals surface area contributed by atoms with Gasteiger partial charge in [0.1, 0.15) is 0 Å². The molecular weight excluding hydrogens is 713 g/mol. The van der Waals surface area contributed by atoms with Crippen molar-refractivity contribution in [3.05, 3.63) is 242 Å². The third-order valence-electron chi connectivity index (χ3n) is 11.9. The van der Waals surface area contributed by atoms with E-state index in [1.54, 1.807) is 0 Å². The monoisotopic (exact) mass is 756 g/mol. The van der Waals surface area contributed by atoms with Crippen molar-refractivity contribution in [3.8, 4) is 44.5 Å². The van der Waals surface area contributed by atoms with E-state index in [1.165, 1.54) is 55.6 Å². The van der Waals surface area contributed by atoms with Crippen molar-refractivity contribution in [2.45, 2.75) is 19.3 Å². The van der Waals surface area contributed by atoms with Crippen LogP contribution in [0.4, 0.5) is 34.1 Å². The van der Waals surface area contributed by atoms with Gasteiger partial charge in [-0.2, -0.15) is 0 Å². The fourth-order valence-corrected chi connectivity index (χ4v) is 8.79. The van der Waals surface area contributed by atoms with Gasteiger partial charge in [0.05, 0.1) is 0 Å². The lowest BCUT2D eigenvalue weighted by atomic mass is 9.82. The van der Waals surface area contributed by atoms with Crippen LogP contribution in [0.1, 0.15) is 25.0 Å². The molecule has 0 N–H and O–H groups in total. The Labute approximate surface area is 347 Å². The molecule has 0 saturated heterocycles. The van der Waals surface area contributed by atoms with E-state index in [1.807, 2.05) is 0 Å². The van der Waals surface area contributed by atoms with Crippen molar-refractivity contribution in [2.24, 2.45) is 0 Å². The summed E-state index contributed by atoms with van der Waals surface area (Å²) in [5.74, 6) is 0. The fourth-order valence-electron chi connectivity index (χ4n) is 8.79. The van der Waals surface area contributed by atoms with E-state index in [0.717, 1.165) is 34.1 Å². The summed E-state index contributed by atoms with van der Waals surface area (Å²) in [5.41, 5.74) is 19.1. The maximum absolute atomic E-state index is 2.39. The highest BCUT2D eigenvalue weighted by atomic mass is 15.2. The van der Waals surface area contributed by atoms with Crippen LogP contribution in [0.5, 0.6) is 0 Å². The molecule has 0 spiro atoms. The quantitative estimate of drug-likeness (QED) is 0.145. The maximum Gasteiger partial charge on any atom is 0.0468 e. The molecule has 9 aromatic carbocycles. The van der Waals surface area contributed by atoms with Gasteiger partial charge in [0.2, 0.25) is 0 Å². The third kappa shape index (κ3) is 6.79. The first-order valence-electron chi connectivity index (χ1n) is 20.4. The standard InChI is InChI=1S/C57H44N2/c1-57(2)55-21-13-12-20-53(55)54-40-52(38-39-56(54)57)59(49-32-26-46(27-33-49)43-18-10-5-11-19-43)51-36-34-50(35-37-51)58(47-28-22-44(23-29-47)41-14-6-3-7-15-41)48-30-24-45(25-31-48)42-16-8-4-9-17-42/h3-40H,1-2H3. The number of nitrogens with zero attached hydrogens (tertiary/aromatic N) is 2. The molecule has 0 aliphatic heterocycles. The van der Waals surface area contributed by atoms with Crippen LogP contribution in [0.2, 0.25) is 0 Å². The SMILES string of the molecule is CC1(C)c2ccccc2-c2cc(N(c3ccc(-c4ccccc4)cc3)c3ccc(N(c4ccc(-c5ccccc5)cc4)c4ccc(-c5ccccc5)cc4)cc3)ccc21. The Morgan fingerprint density at radius 1 is 0.254 bits per heavy atom. The Morgan fingerprint density at radius 3 is 0.949 bits per heavy atom. The molecule has 10 rings (SSSR count). The van der Waals surface area contributed by atoms with Crippen molar-refractivity contribution in [2.75, 3.05) is 9.80 Å². The molecule has 0 heterocycles. The Morgan fingerprint density at radius 2 is 0.542 bits per heavy atom. The molecule has 59 heavy (non-hydrogen) atoms. The number of hydrogen-bond donors (Lipinski definition) is 0. The summed E-state index contributed by atoms with van der Waals surface area (Å²) in [4.78, 5) is 4.74.